The van der Waals surface area contributed by atoms with E-state index >= 15 is 0 Å². The summed E-state index contributed by atoms with van der Waals surface area (Å²) in [6.45, 7) is 0.475. The van der Waals surface area contributed by atoms with Crippen molar-refractivity contribution < 1.29 is 19.0 Å². The van der Waals surface area contributed by atoms with E-state index in [-0.39, 0.29) is 12.6 Å². The first-order chi connectivity index (χ1) is 13.1. The van der Waals surface area contributed by atoms with Crippen LogP contribution >= 0.6 is 0 Å². The Labute approximate surface area is 156 Å². The van der Waals surface area contributed by atoms with E-state index in [9.17, 15) is 4.79 Å². The number of carbonyl (C=O) groups excluding carboxylic acids is 1. The fourth-order valence-electron chi connectivity index (χ4n) is 2.48. The molecule has 2 heterocycles. The third kappa shape index (κ3) is 4.20. The van der Waals surface area contributed by atoms with Gasteiger partial charge in [0.2, 0.25) is 5.75 Å². The maximum atomic E-state index is 12.2. The number of nitrogens with one attached hydrogen (secondary N) is 1. The Bertz CT molecular complexity index is 896. The number of benzene rings is 1. The summed E-state index contributed by atoms with van der Waals surface area (Å²) in [5.41, 5.74) is 1.20. The van der Waals surface area contributed by atoms with E-state index in [2.05, 4.69) is 15.5 Å². The molecule has 0 saturated carbocycles. The number of aromatic nitrogens is 4. The topological polar surface area (TPSA) is 92.4 Å². The van der Waals surface area contributed by atoms with E-state index in [1.165, 1.54) is 4.68 Å². The van der Waals surface area contributed by atoms with Crippen molar-refractivity contribution in [2.75, 3.05) is 14.2 Å². The molecule has 0 atom stereocenters. The highest BCUT2D eigenvalue weighted by atomic mass is 16.5. The number of carbonyl (C=O) groups is 1. The summed E-state index contributed by atoms with van der Waals surface area (Å²) in [4.78, 5) is 12.2. The lowest BCUT2D eigenvalue weighted by Crippen LogP contribution is -2.24. The van der Waals surface area contributed by atoms with Crippen molar-refractivity contribution in [1.29, 1.82) is 0 Å². The SMILES string of the molecule is COc1cccc(OC)c1OCn1ccc(C(=O)NCc2ccnn2C)n1. The van der Waals surface area contributed by atoms with Gasteiger partial charge in [0.05, 0.1) is 26.5 Å². The monoisotopic (exact) mass is 371 g/mol. The Balaban J connectivity index is 1.61. The molecule has 142 valence electrons. The van der Waals surface area contributed by atoms with Crippen molar-refractivity contribution in [2.45, 2.75) is 13.3 Å². The second kappa shape index (κ2) is 8.26. The summed E-state index contributed by atoms with van der Waals surface area (Å²) < 4.78 is 19.6. The fourth-order valence-corrected chi connectivity index (χ4v) is 2.48. The molecule has 27 heavy (non-hydrogen) atoms. The third-order valence-electron chi connectivity index (χ3n) is 3.95. The number of rotatable bonds is 8. The highest BCUT2D eigenvalue weighted by Crippen LogP contribution is 2.36. The summed E-state index contributed by atoms with van der Waals surface area (Å²) >= 11 is 0. The van der Waals surface area contributed by atoms with Crippen LogP contribution in [0.3, 0.4) is 0 Å². The predicted octanol–water partition coefficient (Wildman–Crippen LogP) is 1.60. The zero-order valence-corrected chi connectivity index (χ0v) is 15.4. The molecular formula is C18H21N5O4. The van der Waals surface area contributed by atoms with Gasteiger partial charge in [0, 0.05) is 19.4 Å². The van der Waals surface area contributed by atoms with Gasteiger partial charge in [-0.3, -0.25) is 9.48 Å². The minimum atomic E-state index is -0.273. The molecule has 0 aliphatic heterocycles. The molecule has 1 N–H and O–H groups in total. The molecule has 0 fully saturated rings. The number of hydrogen-bond donors (Lipinski definition) is 1. The van der Waals surface area contributed by atoms with Crippen LogP contribution in [0.4, 0.5) is 0 Å². The lowest BCUT2D eigenvalue weighted by molar-refractivity contribution is 0.0942. The molecule has 0 bridgehead atoms. The van der Waals surface area contributed by atoms with Gasteiger partial charge >= 0.3 is 0 Å². The smallest absolute Gasteiger partial charge is 0.272 e. The van der Waals surface area contributed by atoms with E-state index in [4.69, 9.17) is 14.2 Å². The molecule has 9 heteroatoms. The average Bonchev–Trinajstić information content (AvgIpc) is 3.33. The van der Waals surface area contributed by atoms with Crippen molar-refractivity contribution in [3.8, 4) is 17.2 Å². The van der Waals surface area contributed by atoms with E-state index in [0.29, 0.717) is 29.5 Å². The van der Waals surface area contributed by atoms with Crippen LogP contribution in [0.15, 0.2) is 42.7 Å². The molecule has 0 spiro atoms. The van der Waals surface area contributed by atoms with Gasteiger partial charge < -0.3 is 19.5 Å². The van der Waals surface area contributed by atoms with Gasteiger partial charge in [0.1, 0.15) is 5.69 Å². The van der Waals surface area contributed by atoms with Crippen LogP contribution in [0, 0.1) is 0 Å². The first kappa shape index (κ1) is 18.3. The molecule has 0 saturated heterocycles. The van der Waals surface area contributed by atoms with Crippen molar-refractivity contribution in [3.05, 3.63) is 54.1 Å². The zero-order chi connectivity index (χ0) is 19.2. The van der Waals surface area contributed by atoms with Crippen molar-refractivity contribution in [1.82, 2.24) is 24.9 Å². The number of methoxy groups -OCH3 is 2. The van der Waals surface area contributed by atoms with Crippen molar-refractivity contribution in [3.63, 3.8) is 0 Å². The Kier molecular flexibility index (Phi) is 5.60. The fraction of sp³-hybridized carbons (Fsp3) is 0.278. The zero-order valence-electron chi connectivity index (χ0n) is 15.4. The first-order valence-corrected chi connectivity index (χ1v) is 8.24. The first-order valence-electron chi connectivity index (χ1n) is 8.24. The van der Waals surface area contributed by atoms with Gasteiger partial charge in [-0.2, -0.15) is 10.2 Å². The second-order valence-corrected chi connectivity index (χ2v) is 5.63. The maximum absolute atomic E-state index is 12.2. The number of amides is 1. The van der Waals surface area contributed by atoms with Gasteiger partial charge in [0.15, 0.2) is 18.2 Å². The van der Waals surface area contributed by atoms with E-state index in [0.717, 1.165) is 5.69 Å². The Morgan fingerprint density at radius 3 is 2.52 bits per heavy atom. The highest BCUT2D eigenvalue weighted by molar-refractivity contribution is 5.92. The lowest BCUT2D eigenvalue weighted by atomic mass is 10.3. The van der Waals surface area contributed by atoms with Crippen LogP contribution in [-0.4, -0.2) is 39.7 Å². The quantitative estimate of drug-likeness (QED) is 0.647. The molecule has 2 aromatic heterocycles. The van der Waals surface area contributed by atoms with Gasteiger partial charge in [-0.15, -0.1) is 0 Å². The second-order valence-electron chi connectivity index (χ2n) is 5.63. The molecule has 0 unspecified atom stereocenters. The summed E-state index contributed by atoms with van der Waals surface area (Å²) in [6, 6.07) is 8.83. The number of hydrogen-bond acceptors (Lipinski definition) is 6. The summed E-state index contributed by atoms with van der Waals surface area (Å²) in [5, 5.41) is 11.1. The van der Waals surface area contributed by atoms with Gasteiger partial charge in [-0.25, -0.2) is 4.68 Å². The predicted molar refractivity (Wildman–Crippen MR) is 96.8 cm³/mol. The number of nitrogens with zero attached hydrogens (tertiary/aromatic N) is 4. The average molecular weight is 371 g/mol. The highest BCUT2D eigenvalue weighted by Gasteiger charge is 2.13. The van der Waals surface area contributed by atoms with Crippen LogP contribution in [-0.2, 0) is 20.3 Å². The van der Waals surface area contributed by atoms with E-state index < -0.39 is 0 Å². The van der Waals surface area contributed by atoms with Crippen LogP contribution in [0.2, 0.25) is 0 Å². The minimum Gasteiger partial charge on any atom is -0.493 e. The number of ether oxygens (including phenoxy) is 3. The van der Waals surface area contributed by atoms with Gasteiger partial charge in [-0.1, -0.05) is 6.07 Å². The molecule has 0 aliphatic carbocycles. The van der Waals surface area contributed by atoms with Crippen LogP contribution in [0.1, 0.15) is 16.2 Å². The van der Waals surface area contributed by atoms with Gasteiger partial charge in [0.25, 0.3) is 5.91 Å². The van der Waals surface area contributed by atoms with Crippen LogP contribution < -0.4 is 19.5 Å². The van der Waals surface area contributed by atoms with Crippen molar-refractivity contribution in [2.24, 2.45) is 7.05 Å². The minimum absolute atomic E-state index is 0.103. The van der Waals surface area contributed by atoms with E-state index in [1.54, 1.807) is 49.5 Å². The molecule has 0 radical (unpaired) electrons. The van der Waals surface area contributed by atoms with Crippen LogP contribution in [0.25, 0.3) is 0 Å². The van der Waals surface area contributed by atoms with Gasteiger partial charge in [-0.05, 0) is 24.3 Å². The molecule has 1 aromatic carbocycles. The molecule has 0 aliphatic rings. The normalized spacial score (nSPS) is 10.5. The number of aryl methyl sites for hydroxylation is 1. The Hall–Kier alpha value is -3.49. The maximum Gasteiger partial charge on any atom is 0.272 e. The van der Waals surface area contributed by atoms with Crippen molar-refractivity contribution >= 4 is 5.91 Å². The summed E-state index contributed by atoms with van der Waals surface area (Å²) in [7, 11) is 4.93. The third-order valence-corrected chi connectivity index (χ3v) is 3.95. The van der Waals surface area contributed by atoms with E-state index in [1.807, 2.05) is 19.2 Å². The largest absolute Gasteiger partial charge is 0.493 e. The number of para-hydroxylation sites is 1. The molecule has 1 amide bonds. The standard InChI is InChI=1S/C18H21N5O4/c1-22-13(7-9-20-22)11-19-18(24)14-8-10-23(21-14)12-27-17-15(25-2)5-4-6-16(17)26-3/h4-10H,11-12H2,1-3H3,(H,19,24). The Morgan fingerprint density at radius 2 is 1.89 bits per heavy atom. The molecule has 3 rings (SSSR count). The van der Waals surface area contributed by atoms with Crippen LogP contribution in [0.5, 0.6) is 17.2 Å². The Morgan fingerprint density at radius 1 is 1.15 bits per heavy atom. The molecular weight excluding hydrogens is 350 g/mol. The summed E-state index contributed by atoms with van der Waals surface area (Å²) in [6.07, 6.45) is 3.35. The molecule has 3 aromatic rings. The lowest BCUT2D eigenvalue weighted by Gasteiger charge is -2.13. The summed E-state index contributed by atoms with van der Waals surface area (Å²) in [5.74, 6) is 1.30. The molecule has 9 nitrogen and oxygen atoms in total.